The van der Waals surface area contributed by atoms with Crippen LogP contribution in [0.15, 0.2) is 24.3 Å². The second-order valence-corrected chi connectivity index (χ2v) is 8.15. The Morgan fingerprint density at radius 2 is 2.00 bits per heavy atom. The lowest BCUT2D eigenvalue weighted by Crippen LogP contribution is -2.47. The first-order valence-electron chi connectivity index (χ1n) is 10.4. The van der Waals surface area contributed by atoms with Crippen LogP contribution in [0.25, 0.3) is 11.3 Å². The highest BCUT2D eigenvalue weighted by Gasteiger charge is 2.53. The minimum absolute atomic E-state index is 0.113. The van der Waals surface area contributed by atoms with Gasteiger partial charge in [-0.05, 0) is 55.4 Å². The molecule has 3 N–H and O–H groups in total. The van der Waals surface area contributed by atoms with Crippen LogP contribution in [-0.2, 0) is 15.1 Å². The van der Waals surface area contributed by atoms with Crippen LogP contribution in [0.1, 0.15) is 49.8 Å². The molecule has 166 valence electrons. The highest BCUT2D eigenvalue weighted by molar-refractivity contribution is 5.81. The number of hydrogen-bond acceptors (Lipinski definition) is 6. The quantitative estimate of drug-likeness (QED) is 0.589. The first-order chi connectivity index (χ1) is 14.9. The van der Waals surface area contributed by atoms with Gasteiger partial charge in [-0.15, -0.1) is 5.10 Å². The summed E-state index contributed by atoms with van der Waals surface area (Å²) >= 11 is 0. The van der Waals surface area contributed by atoms with Crippen LogP contribution >= 0.6 is 0 Å². The summed E-state index contributed by atoms with van der Waals surface area (Å²) in [6.07, 6.45) is 1.69. The molecule has 31 heavy (non-hydrogen) atoms. The van der Waals surface area contributed by atoms with Crippen LogP contribution in [-0.4, -0.2) is 51.7 Å². The molecule has 0 aliphatic heterocycles. The molecule has 1 heterocycles. The number of amides is 1. The molecule has 2 aliphatic carbocycles. The van der Waals surface area contributed by atoms with Crippen molar-refractivity contribution in [2.45, 2.75) is 56.3 Å². The fraction of sp³-hybridized carbons (Fsp3) is 0.500. The number of aromatic nitrogens is 2. The number of nitrogens with one attached hydrogen (secondary N) is 1. The average molecular weight is 433 g/mol. The van der Waals surface area contributed by atoms with Gasteiger partial charge in [-0.3, -0.25) is 4.79 Å². The Kier molecular flexibility index (Phi) is 6.00. The van der Waals surface area contributed by atoms with E-state index in [9.17, 15) is 23.8 Å². The number of hydrogen-bond donors (Lipinski definition) is 3. The van der Waals surface area contributed by atoms with Crippen molar-refractivity contribution >= 4 is 5.91 Å². The Balaban J connectivity index is 1.62. The molecule has 0 unspecified atom stereocenters. The van der Waals surface area contributed by atoms with Crippen molar-refractivity contribution in [3.8, 4) is 11.3 Å². The summed E-state index contributed by atoms with van der Waals surface area (Å²) in [6.45, 7) is 1.05. The molecule has 2 aromatic rings. The second kappa shape index (κ2) is 8.57. The maximum Gasteiger partial charge on any atom is 0.249 e. The van der Waals surface area contributed by atoms with E-state index in [1.807, 2.05) is 6.92 Å². The van der Waals surface area contributed by atoms with Crippen molar-refractivity contribution in [1.29, 1.82) is 0 Å². The number of benzene rings is 1. The number of nitrogens with zero attached hydrogens (tertiary/aromatic N) is 2. The number of aliphatic hydroxyl groups is 2. The van der Waals surface area contributed by atoms with E-state index < -0.39 is 35.3 Å². The van der Waals surface area contributed by atoms with Gasteiger partial charge in [0.05, 0.1) is 36.2 Å². The number of ether oxygens (including phenoxy) is 1. The molecule has 1 fully saturated rings. The van der Waals surface area contributed by atoms with E-state index >= 15 is 0 Å². The van der Waals surface area contributed by atoms with Crippen molar-refractivity contribution in [3.05, 3.63) is 47.2 Å². The molecule has 7 nitrogen and oxygen atoms in total. The zero-order valence-corrected chi connectivity index (χ0v) is 17.1. The molecule has 9 heteroatoms. The maximum atomic E-state index is 14.2. The second-order valence-electron chi connectivity index (χ2n) is 8.15. The fourth-order valence-corrected chi connectivity index (χ4v) is 4.63. The third kappa shape index (κ3) is 3.81. The van der Waals surface area contributed by atoms with Gasteiger partial charge in [0.25, 0.3) is 0 Å². The largest absolute Gasteiger partial charge is 0.394 e. The molecule has 2 aliphatic rings. The summed E-state index contributed by atoms with van der Waals surface area (Å²) < 4.78 is 34.7. The topological polar surface area (TPSA) is 105 Å². The fourth-order valence-electron chi connectivity index (χ4n) is 4.63. The molecule has 0 saturated heterocycles. The van der Waals surface area contributed by atoms with Crippen LogP contribution < -0.4 is 5.32 Å². The monoisotopic (exact) mass is 433 g/mol. The van der Waals surface area contributed by atoms with E-state index in [-0.39, 0.29) is 30.4 Å². The lowest BCUT2D eigenvalue weighted by atomic mass is 9.92. The molecular formula is C22H25F2N3O4. The molecule has 1 aromatic carbocycles. The van der Waals surface area contributed by atoms with Crippen LogP contribution in [0.3, 0.4) is 0 Å². The SMILES string of the molecule is CC[C@@H](O[C@]12CC[C@H](C1)c1cc(-c3c(F)cccc3F)nnc12)C(=O)NC(CO)CO. The Labute approximate surface area is 178 Å². The van der Waals surface area contributed by atoms with Gasteiger partial charge in [0.2, 0.25) is 5.91 Å². The molecule has 1 saturated carbocycles. The van der Waals surface area contributed by atoms with Crippen molar-refractivity contribution in [1.82, 2.24) is 15.5 Å². The molecule has 2 bridgehead atoms. The summed E-state index contributed by atoms with van der Waals surface area (Å²) in [6, 6.07) is 4.58. The van der Waals surface area contributed by atoms with Gasteiger partial charge in [-0.1, -0.05) is 13.0 Å². The van der Waals surface area contributed by atoms with E-state index in [1.165, 1.54) is 18.2 Å². The van der Waals surface area contributed by atoms with E-state index in [0.717, 1.165) is 12.0 Å². The van der Waals surface area contributed by atoms with E-state index in [1.54, 1.807) is 6.07 Å². The van der Waals surface area contributed by atoms with Gasteiger partial charge in [-0.25, -0.2) is 8.78 Å². The van der Waals surface area contributed by atoms with Crippen molar-refractivity contribution in [2.24, 2.45) is 0 Å². The highest BCUT2D eigenvalue weighted by Crippen LogP contribution is 2.57. The van der Waals surface area contributed by atoms with Gasteiger partial charge in [0.15, 0.2) is 0 Å². The standard InChI is InChI=1S/C22H25F2N3O4/c1-2-18(21(30)25-13(10-28)11-29)31-22-7-6-12(9-22)14-8-17(26-27-20(14)22)19-15(23)4-3-5-16(19)24/h3-5,8,12-13,18,28-29H,2,6-7,9-11H2,1H3,(H,25,30)/t12-,18-,22-/m1/s1. The third-order valence-electron chi connectivity index (χ3n) is 6.20. The van der Waals surface area contributed by atoms with E-state index in [2.05, 4.69) is 15.5 Å². The summed E-state index contributed by atoms with van der Waals surface area (Å²) in [5.41, 5.74) is 0.593. The van der Waals surface area contributed by atoms with E-state index in [0.29, 0.717) is 25.0 Å². The first-order valence-corrected chi connectivity index (χ1v) is 10.4. The van der Waals surface area contributed by atoms with E-state index in [4.69, 9.17) is 4.74 Å². The van der Waals surface area contributed by atoms with Crippen LogP contribution in [0.5, 0.6) is 0 Å². The molecular weight excluding hydrogens is 408 g/mol. The van der Waals surface area contributed by atoms with Gasteiger partial charge in [0.1, 0.15) is 23.3 Å². The minimum atomic E-state index is -0.796. The van der Waals surface area contributed by atoms with Gasteiger partial charge in [-0.2, -0.15) is 5.10 Å². The highest BCUT2D eigenvalue weighted by atomic mass is 19.1. The number of carbonyl (C=O) groups is 1. The summed E-state index contributed by atoms with van der Waals surface area (Å²) in [5.74, 6) is -1.70. The normalized spacial score (nSPS) is 22.6. The molecule has 4 rings (SSSR count). The third-order valence-corrected chi connectivity index (χ3v) is 6.20. The lowest BCUT2D eigenvalue weighted by Gasteiger charge is -2.32. The average Bonchev–Trinajstić information content (AvgIpc) is 3.32. The predicted molar refractivity (Wildman–Crippen MR) is 107 cm³/mol. The first kappa shape index (κ1) is 21.7. The van der Waals surface area contributed by atoms with Gasteiger partial charge >= 0.3 is 0 Å². The number of halogens is 2. The molecule has 0 spiro atoms. The van der Waals surface area contributed by atoms with Gasteiger partial charge in [0, 0.05) is 0 Å². The zero-order valence-electron chi connectivity index (χ0n) is 17.1. The minimum Gasteiger partial charge on any atom is -0.394 e. The summed E-state index contributed by atoms with van der Waals surface area (Å²) in [5, 5.41) is 29.4. The predicted octanol–water partition coefficient (Wildman–Crippen LogP) is 2.16. The zero-order chi connectivity index (χ0) is 22.2. The van der Waals surface area contributed by atoms with Crippen molar-refractivity contribution in [2.75, 3.05) is 13.2 Å². The maximum absolute atomic E-state index is 14.2. The Hall–Kier alpha value is -2.49. The molecule has 3 atom stereocenters. The Bertz CT molecular complexity index is 965. The number of aliphatic hydroxyl groups excluding tert-OH is 2. The Morgan fingerprint density at radius 1 is 1.29 bits per heavy atom. The lowest BCUT2D eigenvalue weighted by molar-refractivity contribution is -0.150. The summed E-state index contributed by atoms with van der Waals surface area (Å²) in [4.78, 5) is 12.6. The van der Waals surface area contributed by atoms with Crippen molar-refractivity contribution < 1.29 is 28.5 Å². The van der Waals surface area contributed by atoms with Crippen LogP contribution in [0, 0.1) is 11.6 Å². The summed E-state index contributed by atoms with van der Waals surface area (Å²) in [7, 11) is 0. The van der Waals surface area contributed by atoms with Crippen LogP contribution in [0.2, 0.25) is 0 Å². The van der Waals surface area contributed by atoms with Gasteiger partial charge < -0.3 is 20.3 Å². The smallest absolute Gasteiger partial charge is 0.249 e. The molecule has 1 aromatic heterocycles. The molecule has 1 amide bonds. The number of carbonyl (C=O) groups excluding carboxylic acids is 1. The van der Waals surface area contributed by atoms with Crippen LogP contribution in [0.4, 0.5) is 8.78 Å². The number of fused-ring (bicyclic) bond motifs is 5. The van der Waals surface area contributed by atoms with Crippen molar-refractivity contribution in [3.63, 3.8) is 0 Å². The molecule has 0 radical (unpaired) electrons. The Morgan fingerprint density at radius 3 is 2.65 bits per heavy atom. The number of rotatable bonds is 8.